The van der Waals surface area contributed by atoms with Crippen molar-refractivity contribution in [1.82, 2.24) is 15.3 Å². The third kappa shape index (κ3) is 9.09. The van der Waals surface area contributed by atoms with Crippen molar-refractivity contribution in [3.8, 4) is 39.6 Å². The van der Waals surface area contributed by atoms with E-state index < -0.39 is 12.0 Å². The quantitative estimate of drug-likeness (QED) is 0.0405. The number of nitrogen functional groups attached to an aromatic ring is 1. The molecule has 12 nitrogen and oxygen atoms in total. The van der Waals surface area contributed by atoms with Gasteiger partial charge in [0, 0.05) is 33.8 Å². The van der Waals surface area contributed by atoms with Crippen molar-refractivity contribution in [3.63, 3.8) is 0 Å². The van der Waals surface area contributed by atoms with Crippen LogP contribution in [0.3, 0.4) is 0 Å². The topological polar surface area (TPSA) is 223 Å². The molecule has 46 heavy (non-hydrogen) atoms. The lowest BCUT2D eigenvalue weighted by molar-refractivity contribution is -0.146. The van der Waals surface area contributed by atoms with Gasteiger partial charge in [-0.15, -0.1) is 11.3 Å². The number of hydrogen-bond donors (Lipinski definition) is 5. The van der Waals surface area contributed by atoms with E-state index in [1.54, 1.807) is 24.3 Å². The minimum atomic E-state index is -0.791. The largest absolute Gasteiger partial charge is 0.490 e. The van der Waals surface area contributed by atoms with Crippen LogP contribution in [0.1, 0.15) is 29.7 Å². The van der Waals surface area contributed by atoms with Crippen molar-refractivity contribution in [1.29, 1.82) is 15.9 Å². The molecule has 0 saturated carbocycles. The number of rotatable bonds is 14. The summed E-state index contributed by atoms with van der Waals surface area (Å²) in [7, 11) is 0. The smallest absolute Gasteiger partial charge is 0.323 e. The zero-order valence-electron chi connectivity index (χ0n) is 24.5. The number of guanidine groups is 1. The highest BCUT2D eigenvalue weighted by Crippen LogP contribution is 2.37. The monoisotopic (exact) mass is 675 g/mol. The van der Waals surface area contributed by atoms with Gasteiger partial charge in [-0.25, -0.2) is 9.97 Å². The van der Waals surface area contributed by atoms with Gasteiger partial charge in [0.25, 0.3) is 0 Å². The van der Waals surface area contributed by atoms with Gasteiger partial charge in [-0.1, -0.05) is 47.6 Å². The van der Waals surface area contributed by atoms with Gasteiger partial charge in [-0.3, -0.25) is 10.2 Å². The second-order valence-electron chi connectivity index (χ2n) is 9.72. The summed E-state index contributed by atoms with van der Waals surface area (Å²) in [4.78, 5) is 21.2. The first-order chi connectivity index (χ1) is 22.2. The van der Waals surface area contributed by atoms with Gasteiger partial charge < -0.3 is 32.0 Å². The van der Waals surface area contributed by atoms with Gasteiger partial charge in [0.15, 0.2) is 5.96 Å². The van der Waals surface area contributed by atoms with E-state index >= 15 is 0 Å². The summed E-state index contributed by atoms with van der Waals surface area (Å²) in [5.41, 5.74) is 20.3. The van der Waals surface area contributed by atoms with Crippen molar-refractivity contribution in [3.05, 3.63) is 75.8 Å². The first kappa shape index (κ1) is 34.0. The lowest BCUT2D eigenvalue weighted by Gasteiger charge is -2.14. The van der Waals surface area contributed by atoms with Crippen LogP contribution in [0.5, 0.6) is 5.75 Å². The molecule has 0 radical (unpaired) electrons. The number of pyridine rings is 1. The van der Waals surface area contributed by atoms with Gasteiger partial charge >= 0.3 is 5.97 Å². The number of carbonyl (C=O) groups is 1. The molecule has 0 fully saturated rings. The lowest BCUT2D eigenvalue weighted by Crippen LogP contribution is -2.35. The number of nitriles is 2. The normalized spacial score (nSPS) is 11.2. The van der Waals surface area contributed by atoms with Crippen LogP contribution in [0.2, 0.25) is 5.02 Å². The maximum atomic E-state index is 12.1. The summed E-state index contributed by atoms with van der Waals surface area (Å²) in [6.45, 7) is 0.529. The van der Waals surface area contributed by atoms with Crippen molar-refractivity contribution < 1.29 is 14.3 Å². The molecule has 0 bridgehead atoms. The van der Waals surface area contributed by atoms with Gasteiger partial charge in [-0.05, 0) is 42.7 Å². The Hall–Kier alpha value is -4.86. The van der Waals surface area contributed by atoms with Crippen LogP contribution < -0.4 is 27.3 Å². The fraction of sp³-hybridized carbons (Fsp3) is 0.226. The number of benzene rings is 2. The van der Waals surface area contributed by atoms with E-state index in [4.69, 9.17) is 48.7 Å². The summed E-state index contributed by atoms with van der Waals surface area (Å²) in [6.07, 6.45) is 0.938. The lowest BCUT2D eigenvalue weighted by atomic mass is 9.97. The third-order valence-corrected chi connectivity index (χ3v) is 8.67. The number of thioether (sulfide) groups is 1. The highest BCUT2D eigenvalue weighted by molar-refractivity contribution is 7.98. The minimum absolute atomic E-state index is 0.00120. The summed E-state index contributed by atoms with van der Waals surface area (Å²) in [5, 5.41) is 33.6. The van der Waals surface area contributed by atoms with Crippen LogP contribution in [0.25, 0.3) is 21.7 Å². The highest BCUT2D eigenvalue weighted by atomic mass is 35.5. The van der Waals surface area contributed by atoms with E-state index in [1.165, 1.54) is 23.1 Å². The van der Waals surface area contributed by atoms with Gasteiger partial charge in [-0.2, -0.15) is 10.5 Å². The zero-order chi connectivity index (χ0) is 33.1. The maximum Gasteiger partial charge on any atom is 0.323 e. The molecule has 0 aliphatic rings. The average Bonchev–Trinajstić information content (AvgIpc) is 3.53. The molecule has 4 rings (SSSR count). The number of esters is 1. The van der Waals surface area contributed by atoms with Crippen molar-refractivity contribution >= 4 is 52.4 Å². The number of thiazole rings is 1. The van der Waals surface area contributed by atoms with Gasteiger partial charge in [0.05, 0.1) is 11.3 Å². The Balaban J connectivity index is 1.39. The first-order valence-corrected chi connectivity index (χ1v) is 16.1. The molecule has 2 heterocycles. The summed E-state index contributed by atoms with van der Waals surface area (Å²) in [6, 6.07) is 17.7. The molecule has 4 aromatic rings. The van der Waals surface area contributed by atoms with Crippen LogP contribution in [-0.2, 0) is 15.3 Å². The summed E-state index contributed by atoms with van der Waals surface area (Å²) >= 11 is 8.82. The molecule has 0 spiro atoms. The van der Waals surface area contributed by atoms with E-state index in [0.29, 0.717) is 52.1 Å². The van der Waals surface area contributed by atoms with Crippen LogP contribution in [0.4, 0.5) is 5.82 Å². The van der Waals surface area contributed by atoms with Crippen LogP contribution >= 0.6 is 34.7 Å². The number of nitrogens with zero attached hydrogens (tertiary/aromatic N) is 4. The highest BCUT2D eigenvalue weighted by Gasteiger charge is 2.21. The number of aromatic nitrogens is 2. The molecule has 236 valence electrons. The predicted octanol–water partition coefficient (Wildman–Crippen LogP) is 4.66. The molecule has 2 aromatic carbocycles. The van der Waals surface area contributed by atoms with Crippen molar-refractivity contribution in [2.24, 2.45) is 11.5 Å². The molecule has 0 aliphatic heterocycles. The maximum absolute atomic E-state index is 12.1. The molecule has 0 unspecified atom stereocenters. The summed E-state index contributed by atoms with van der Waals surface area (Å²) in [5.74, 6) is 0.271. The van der Waals surface area contributed by atoms with E-state index in [0.717, 1.165) is 16.3 Å². The number of hydrogen-bond acceptors (Lipinski definition) is 12. The Morgan fingerprint density at radius 2 is 1.76 bits per heavy atom. The predicted molar refractivity (Wildman–Crippen MR) is 179 cm³/mol. The van der Waals surface area contributed by atoms with E-state index in [9.17, 15) is 15.3 Å². The number of nitrogens with one attached hydrogen (secondary N) is 2. The Morgan fingerprint density at radius 3 is 2.43 bits per heavy atom. The van der Waals surface area contributed by atoms with E-state index in [-0.39, 0.29) is 36.1 Å². The number of carbonyl (C=O) groups excluding carboxylic acids is 1. The van der Waals surface area contributed by atoms with E-state index in [1.807, 2.05) is 29.6 Å². The molecule has 8 N–H and O–H groups in total. The molecular weight excluding hydrogens is 646 g/mol. The molecule has 2 aromatic heterocycles. The Bertz CT molecular complexity index is 1770. The third-order valence-electron chi connectivity index (χ3n) is 6.46. The SMILES string of the molecule is N#Cc1c(N)nc(SCc2csc(-c3ccc(Cl)cc3)n2)c(C#N)c1-c1ccc(OCCOC(=O)[C@@H](N)CCCNC(=N)N)cc1. The van der Waals surface area contributed by atoms with Crippen molar-refractivity contribution in [2.45, 2.75) is 29.7 Å². The number of nitrogens with two attached hydrogens (primary N) is 3. The second kappa shape index (κ2) is 16.5. The van der Waals surface area contributed by atoms with E-state index in [2.05, 4.69) is 22.4 Å². The van der Waals surface area contributed by atoms with Crippen molar-refractivity contribution in [2.75, 3.05) is 25.5 Å². The molecule has 0 saturated heterocycles. The van der Waals surface area contributed by atoms with Gasteiger partial charge in [0.1, 0.15) is 58.6 Å². The minimum Gasteiger partial charge on any atom is -0.490 e. The Kier molecular flexibility index (Phi) is 12.2. The molecule has 15 heteroatoms. The fourth-order valence-electron chi connectivity index (χ4n) is 4.22. The molecular formula is C31H30ClN9O3S2. The molecule has 1 atom stereocenters. The van der Waals surface area contributed by atoms with Crippen LogP contribution in [0, 0.1) is 28.1 Å². The average molecular weight is 676 g/mol. The second-order valence-corrected chi connectivity index (χ2v) is 12.0. The number of ether oxygens (including phenoxy) is 2. The van der Waals surface area contributed by atoms with Crippen LogP contribution in [-0.4, -0.2) is 47.7 Å². The Morgan fingerprint density at radius 1 is 1.07 bits per heavy atom. The fourth-order valence-corrected chi connectivity index (χ4v) is 6.17. The number of halogens is 1. The number of anilines is 1. The van der Waals surface area contributed by atoms with Crippen LogP contribution in [0.15, 0.2) is 58.9 Å². The first-order valence-electron chi connectivity index (χ1n) is 13.9. The Labute approximate surface area is 279 Å². The van der Waals surface area contributed by atoms with Gasteiger partial charge in [0.2, 0.25) is 0 Å². The summed E-state index contributed by atoms with van der Waals surface area (Å²) < 4.78 is 10.9. The molecule has 0 aliphatic carbocycles. The standard InChI is InChI=1S/C31H30ClN9O3S2/c32-20-7-3-19(4-8-20)28-40-21(16-45-28)17-46-29-24(15-34)26(23(14-33)27(36)41-29)18-5-9-22(10-6-18)43-12-13-44-30(42)25(35)2-1-11-39-31(37)38/h3-10,16,25H,1-2,11-13,17,35H2,(H2,36,41)(H4,37,38,39)/t25-/m0/s1. The molecule has 0 amide bonds. The zero-order valence-corrected chi connectivity index (χ0v) is 26.8.